The average molecular weight is 170 g/mol. The van der Waals surface area contributed by atoms with E-state index in [-0.39, 0.29) is 0 Å². The Morgan fingerprint density at radius 2 is 2.25 bits per heavy atom. The first-order valence-corrected chi connectivity index (χ1v) is 5.23. The van der Waals surface area contributed by atoms with Gasteiger partial charge in [-0.2, -0.15) is 0 Å². The van der Waals surface area contributed by atoms with E-state index < -0.39 is 0 Å². The first-order chi connectivity index (χ1) is 5.74. The van der Waals surface area contributed by atoms with Crippen molar-refractivity contribution in [3.05, 3.63) is 0 Å². The molecule has 0 aromatic carbocycles. The summed E-state index contributed by atoms with van der Waals surface area (Å²) < 4.78 is 0. The van der Waals surface area contributed by atoms with Crippen molar-refractivity contribution in [3.63, 3.8) is 0 Å². The van der Waals surface area contributed by atoms with E-state index in [1.165, 1.54) is 25.8 Å². The molecule has 0 spiro atoms. The Bertz CT molecular complexity index is 125. The maximum atomic E-state index is 5.92. The van der Waals surface area contributed by atoms with Gasteiger partial charge in [-0.05, 0) is 32.7 Å². The van der Waals surface area contributed by atoms with Crippen molar-refractivity contribution in [1.82, 2.24) is 4.90 Å². The molecule has 0 aromatic rings. The van der Waals surface area contributed by atoms with Crippen LogP contribution in [-0.4, -0.2) is 30.1 Å². The molecule has 1 fully saturated rings. The lowest BCUT2D eigenvalue weighted by molar-refractivity contribution is 0.150. The van der Waals surface area contributed by atoms with Gasteiger partial charge in [0.2, 0.25) is 0 Å². The molecule has 2 atom stereocenters. The van der Waals surface area contributed by atoms with E-state index in [1.807, 2.05) is 0 Å². The minimum absolute atomic E-state index is 0.380. The fourth-order valence-electron chi connectivity index (χ4n) is 1.86. The van der Waals surface area contributed by atoms with Crippen LogP contribution < -0.4 is 5.73 Å². The lowest BCUT2D eigenvalue weighted by Crippen LogP contribution is -2.44. The molecule has 12 heavy (non-hydrogen) atoms. The summed E-state index contributed by atoms with van der Waals surface area (Å²) in [5.74, 6) is 0. The maximum Gasteiger partial charge on any atom is 0.0165 e. The quantitative estimate of drug-likeness (QED) is 0.697. The monoisotopic (exact) mass is 170 g/mol. The molecule has 1 aliphatic rings. The van der Waals surface area contributed by atoms with Gasteiger partial charge >= 0.3 is 0 Å². The van der Waals surface area contributed by atoms with Gasteiger partial charge in [-0.3, -0.25) is 4.90 Å². The standard InChI is InChI=1S/C10H22N2/c1-3-10(11)8-12-7-5-4-6-9(12)2/h9-10H,3-8,11H2,1-2H3/t9-,10+/m0/s1. The highest BCUT2D eigenvalue weighted by Crippen LogP contribution is 2.16. The molecular weight excluding hydrogens is 148 g/mol. The van der Waals surface area contributed by atoms with Gasteiger partial charge in [-0.15, -0.1) is 0 Å². The Balaban J connectivity index is 2.28. The van der Waals surface area contributed by atoms with E-state index in [0.717, 1.165) is 19.0 Å². The van der Waals surface area contributed by atoms with E-state index in [4.69, 9.17) is 5.73 Å². The van der Waals surface area contributed by atoms with Crippen molar-refractivity contribution in [3.8, 4) is 0 Å². The first-order valence-electron chi connectivity index (χ1n) is 5.23. The van der Waals surface area contributed by atoms with Crippen LogP contribution in [0.15, 0.2) is 0 Å². The van der Waals surface area contributed by atoms with Gasteiger partial charge in [0.25, 0.3) is 0 Å². The molecule has 0 amide bonds. The normalized spacial score (nSPS) is 28.8. The minimum atomic E-state index is 0.380. The van der Waals surface area contributed by atoms with Crippen LogP contribution in [0.5, 0.6) is 0 Å². The molecule has 0 unspecified atom stereocenters. The highest BCUT2D eigenvalue weighted by molar-refractivity contribution is 4.76. The van der Waals surface area contributed by atoms with E-state index >= 15 is 0 Å². The smallest absolute Gasteiger partial charge is 0.0165 e. The third-order valence-corrected chi connectivity index (χ3v) is 2.93. The largest absolute Gasteiger partial charge is 0.327 e. The molecule has 0 aromatic heterocycles. The zero-order valence-electron chi connectivity index (χ0n) is 8.42. The van der Waals surface area contributed by atoms with Gasteiger partial charge in [0.05, 0.1) is 0 Å². The molecule has 0 saturated carbocycles. The highest BCUT2D eigenvalue weighted by atomic mass is 15.2. The molecule has 72 valence electrons. The van der Waals surface area contributed by atoms with Crippen LogP contribution in [-0.2, 0) is 0 Å². The summed E-state index contributed by atoms with van der Waals surface area (Å²) in [6, 6.07) is 1.14. The van der Waals surface area contributed by atoms with Gasteiger partial charge in [0.15, 0.2) is 0 Å². The number of nitrogens with two attached hydrogens (primary N) is 1. The third-order valence-electron chi connectivity index (χ3n) is 2.93. The van der Waals surface area contributed by atoms with Crippen molar-refractivity contribution in [2.45, 2.75) is 51.6 Å². The molecule has 2 heteroatoms. The van der Waals surface area contributed by atoms with Crippen LogP contribution >= 0.6 is 0 Å². The van der Waals surface area contributed by atoms with Gasteiger partial charge in [0.1, 0.15) is 0 Å². The molecule has 2 nitrogen and oxygen atoms in total. The number of rotatable bonds is 3. The predicted molar refractivity (Wildman–Crippen MR) is 53.2 cm³/mol. The van der Waals surface area contributed by atoms with Crippen molar-refractivity contribution < 1.29 is 0 Å². The summed E-state index contributed by atoms with van der Waals surface area (Å²) in [4.78, 5) is 2.54. The lowest BCUT2D eigenvalue weighted by atomic mass is 10.0. The molecule has 1 rings (SSSR count). The van der Waals surface area contributed by atoms with E-state index in [0.29, 0.717) is 6.04 Å². The van der Waals surface area contributed by atoms with Crippen molar-refractivity contribution >= 4 is 0 Å². The predicted octanol–water partition coefficient (Wildman–Crippen LogP) is 1.60. The van der Waals surface area contributed by atoms with E-state index in [9.17, 15) is 0 Å². The summed E-state index contributed by atoms with van der Waals surface area (Å²) in [6.07, 6.45) is 5.22. The highest BCUT2D eigenvalue weighted by Gasteiger charge is 2.19. The van der Waals surface area contributed by atoms with Gasteiger partial charge in [-0.25, -0.2) is 0 Å². The molecule has 0 aliphatic carbocycles. The molecule has 2 N–H and O–H groups in total. The SMILES string of the molecule is CC[C@@H](N)CN1CCCC[C@@H]1C. The summed E-state index contributed by atoms with van der Waals surface area (Å²) >= 11 is 0. The van der Waals surface area contributed by atoms with Crippen LogP contribution in [0.1, 0.15) is 39.5 Å². The summed E-state index contributed by atoms with van der Waals surface area (Å²) in [7, 11) is 0. The van der Waals surface area contributed by atoms with Crippen molar-refractivity contribution in [2.24, 2.45) is 5.73 Å². The fraction of sp³-hybridized carbons (Fsp3) is 1.00. The number of piperidine rings is 1. The van der Waals surface area contributed by atoms with Crippen LogP contribution in [0.2, 0.25) is 0 Å². The average Bonchev–Trinajstić information content (AvgIpc) is 2.09. The second kappa shape index (κ2) is 4.83. The van der Waals surface area contributed by atoms with Crippen LogP contribution in [0, 0.1) is 0 Å². The van der Waals surface area contributed by atoms with Crippen LogP contribution in [0.25, 0.3) is 0 Å². The Morgan fingerprint density at radius 1 is 1.50 bits per heavy atom. The second-order valence-electron chi connectivity index (χ2n) is 4.01. The van der Waals surface area contributed by atoms with Gasteiger partial charge in [0, 0.05) is 18.6 Å². The summed E-state index contributed by atoms with van der Waals surface area (Å²) in [5.41, 5.74) is 5.92. The molecule has 0 radical (unpaired) electrons. The van der Waals surface area contributed by atoms with Crippen molar-refractivity contribution in [1.29, 1.82) is 0 Å². The van der Waals surface area contributed by atoms with Gasteiger partial charge in [-0.1, -0.05) is 13.3 Å². The van der Waals surface area contributed by atoms with E-state index in [2.05, 4.69) is 18.7 Å². The zero-order chi connectivity index (χ0) is 8.97. The number of nitrogens with zero attached hydrogens (tertiary/aromatic N) is 1. The van der Waals surface area contributed by atoms with E-state index in [1.54, 1.807) is 0 Å². The topological polar surface area (TPSA) is 29.3 Å². The maximum absolute atomic E-state index is 5.92. The zero-order valence-corrected chi connectivity index (χ0v) is 8.42. The summed E-state index contributed by atoms with van der Waals surface area (Å²) in [5, 5.41) is 0. The molecular formula is C10H22N2. The molecule has 1 saturated heterocycles. The Labute approximate surface area is 76.1 Å². The fourth-order valence-corrected chi connectivity index (χ4v) is 1.86. The lowest BCUT2D eigenvalue weighted by Gasteiger charge is -2.34. The number of likely N-dealkylation sites (tertiary alicyclic amines) is 1. The molecule has 0 bridgehead atoms. The first kappa shape index (κ1) is 10.0. The second-order valence-corrected chi connectivity index (χ2v) is 4.01. The van der Waals surface area contributed by atoms with Gasteiger partial charge < -0.3 is 5.73 Å². The third kappa shape index (κ3) is 2.76. The van der Waals surface area contributed by atoms with Crippen LogP contribution in [0.3, 0.4) is 0 Å². The Kier molecular flexibility index (Phi) is 4.02. The Hall–Kier alpha value is -0.0800. The molecule has 1 aliphatic heterocycles. The van der Waals surface area contributed by atoms with Crippen molar-refractivity contribution in [2.75, 3.05) is 13.1 Å². The number of hydrogen-bond donors (Lipinski definition) is 1. The Morgan fingerprint density at radius 3 is 2.83 bits per heavy atom. The number of hydrogen-bond acceptors (Lipinski definition) is 2. The molecule has 1 heterocycles. The minimum Gasteiger partial charge on any atom is -0.327 e. The van der Waals surface area contributed by atoms with Crippen LogP contribution in [0.4, 0.5) is 0 Å². The summed E-state index contributed by atoms with van der Waals surface area (Å²) in [6.45, 7) is 6.84.